The van der Waals surface area contributed by atoms with E-state index in [0.717, 1.165) is 32.4 Å². The third-order valence-corrected chi connectivity index (χ3v) is 10.1. The second-order valence-electron chi connectivity index (χ2n) is 11.4. The Morgan fingerprint density at radius 3 is 2.14 bits per heavy atom. The molecular weight excluding hydrogens is 555 g/mol. The minimum absolute atomic E-state index is 0.698. The molecule has 3 nitrogen and oxygen atoms in total. The number of benzene rings is 6. The zero-order chi connectivity index (χ0) is 28.8. The molecule has 1 aliphatic rings. The van der Waals surface area contributed by atoms with Crippen molar-refractivity contribution < 1.29 is 0 Å². The van der Waals surface area contributed by atoms with Gasteiger partial charge in [-0.2, -0.15) is 0 Å². The maximum absolute atomic E-state index is 5.46. The first-order chi connectivity index (χ1) is 21.8. The van der Waals surface area contributed by atoms with Crippen LogP contribution in [0.25, 0.3) is 92.7 Å². The Hall–Kier alpha value is -5.58. The number of hydrogen-bond acceptors (Lipinski definition) is 3. The van der Waals surface area contributed by atoms with Crippen LogP contribution in [0.4, 0.5) is 0 Å². The molecule has 0 unspecified atom stereocenters. The number of thiophene rings is 1. The topological polar surface area (TPSA) is 30.7 Å². The summed E-state index contributed by atoms with van der Waals surface area (Å²) in [5.74, 6) is 0.698. The molecule has 0 N–H and O–H groups in total. The van der Waals surface area contributed by atoms with Gasteiger partial charge in [-0.1, -0.05) is 121 Å². The lowest BCUT2D eigenvalue weighted by molar-refractivity contribution is 0.995. The monoisotopic (exact) mass is 577 g/mol. The lowest BCUT2D eigenvalue weighted by Gasteiger charge is -2.13. The second kappa shape index (κ2) is 8.96. The summed E-state index contributed by atoms with van der Waals surface area (Å²) in [5, 5.41) is 4.94. The highest BCUT2D eigenvalue weighted by Gasteiger charge is 2.30. The van der Waals surface area contributed by atoms with Gasteiger partial charge in [0.25, 0.3) is 0 Å². The number of rotatable bonds is 3. The largest absolute Gasteiger partial charge is 0.277 e. The van der Waals surface area contributed by atoms with Crippen molar-refractivity contribution in [1.82, 2.24) is 14.5 Å². The van der Waals surface area contributed by atoms with Gasteiger partial charge in [0.15, 0.2) is 0 Å². The Bertz CT molecular complexity index is 2600. The van der Waals surface area contributed by atoms with Gasteiger partial charge in [-0.3, -0.25) is 4.57 Å². The second-order valence-corrected chi connectivity index (χ2v) is 12.4. The Labute approximate surface area is 257 Å². The fourth-order valence-electron chi connectivity index (χ4n) is 7.07. The molecule has 10 rings (SSSR count). The third-order valence-electron chi connectivity index (χ3n) is 8.95. The molecule has 0 fully saturated rings. The van der Waals surface area contributed by atoms with Gasteiger partial charge in [-0.05, 0) is 45.7 Å². The van der Waals surface area contributed by atoms with Crippen LogP contribution in [0.15, 0.2) is 140 Å². The van der Waals surface area contributed by atoms with E-state index in [1.807, 2.05) is 0 Å². The molecule has 3 heterocycles. The molecule has 0 radical (unpaired) electrons. The molecule has 0 atom stereocenters. The molecule has 0 spiro atoms. The van der Waals surface area contributed by atoms with Gasteiger partial charge in [0.05, 0.1) is 27.1 Å². The predicted octanol–water partition coefficient (Wildman–Crippen LogP) is 10.9. The smallest absolute Gasteiger partial charge is 0.235 e. The van der Waals surface area contributed by atoms with E-state index in [9.17, 15) is 0 Å². The molecule has 6 aromatic carbocycles. The van der Waals surface area contributed by atoms with Crippen molar-refractivity contribution in [2.75, 3.05) is 0 Å². The van der Waals surface area contributed by atoms with E-state index in [1.165, 1.54) is 54.4 Å². The molecule has 44 heavy (non-hydrogen) atoms. The highest BCUT2D eigenvalue weighted by molar-refractivity contribution is 7.26. The van der Waals surface area contributed by atoms with Crippen LogP contribution in [0.1, 0.15) is 0 Å². The normalized spacial score (nSPS) is 12.1. The van der Waals surface area contributed by atoms with Gasteiger partial charge >= 0.3 is 0 Å². The maximum atomic E-state index is 5.46. The van der Waals surface area contributed by atoms with Crippen molar-refractivity contribution in [3.05, 3.63) is 140 Å². The van der Waals surface area contributed by atoms with Crippen molar-refractivity contribution in [3.63, 3.8) is 0 Å². The average Bonchev–Trinajstić information content (AvgIpc) is 3.74. The molecular formula is C40H23N3S. The number of nitrogens with zero attached hydrogens (tertiary/aromatic N) is 3. The molecule has 3 aromatic heterocycles. The van der Waals surface area contributed by atoms with E-state index < -0.39 is 0 Å². The summed E-state index contributed by atoms with van der Waals surface area (Å²) in [7, 11) is 0. The van der Waals surface area contributed by atoms with E-state index in [-0.39, 0.29) is 0 Å². The number of fused-ring (bicyclic) bond motifs is 8. The minimum Gasteiger partial charge on any atom is -0.277 e. The highest BCUT2D eigenvalue weighted by atomic mass is 32.1. The SMILES string of the molecule is c1ccc(-c2cccc(-c3nc(-n4c5c(c6ccccc64)-c4cccc6cccc-5c46)nc4c3sc3ccccc34)c2)cc1. The Kier molecular flexibility index (Phi) is 4.87. The molecule has 9 aromatic rings. The summed E-state index contributed by atoms with van der Waals surface area (Å²) in [5.41, 5.74) is 11.5. The zero-order valence-corrected chi connectivity index (χ0v) is 24.3. The average molecular weight is 578 g/mol. The summed E-state index contributed by atoms with van der Waals surface area (Å²) < 4.78 is 4.63. The number of hydrogen-bond donors (Lipinski definition) is 0. The van der Waals surface area contributed by atoms with Crippen LogP contribution in [-0.4, -0.2) is 14.5 Å². The van der Waals surface area contributed by atoms with E-state index in [1.54, 1.807) is 11.3 Å². The number of para-hydroxylation sites is 1. The van der Waals surface area contributed by atoms with E-state index in [0.29, 0.717) is 5.95 Å². The summed E-state index contributed by atoms with van der Waals surface area (Å²) in [6.07, 6.45) is 0. The van der Waals surface area contributed by atoms with Gasteiger partial charge in [-0.25, -0.2) is 9.97 Å². The molecule has 4 heteroatoms. The molecule has 0 amide bonds. The van der Waals surface area contributed by atoms with Crippen LogP contribution < -0.4 is 0 Å². The molecule has 1 aliphatic carbocycles. The van der Waals surface area contributed by atoms with E-state index >= 15 is 0 Å². The van der Waals surface area contributed by atoms with Gasteiger partial charge in [-0.15, -0.1) is 11.3 Å². The predicted molar refractivity (Wildman–Crippen MR) is 185 cm³/mol. The van der Waals surface area contributed by atoms with E-state index in [4.69, 9.17) is 9.97 Å². The van der Waals surface area contributed by atoms with Gasteiger partial charge < -0.3 is 0 Å². The Morgan fingerprint density at radius 1 is 0.545 bits per heavy atom. The van der Waals surface area contributed by atoms with Gasteiger partial charge in [0.2, 0.25) is 5.95 Å². The molecule has 0 bridgehead atoms. The van der Waals surface area contributed by atoms with Crippen LogP contribution in [0, 0.1) is 0 Å². The van der Waals surface area contributed by atoms with Crippen LogP contribution in [0.3, 0.4) is 0 Å². The quantitative estimate of drug-likeness (QED) is 0.209. The lowest BCUT2D eigenvalue weighted by atomic mass is 10.0. The first-order valence-corrected chi connectivity index (χ1v) is 15.7. The first-order valence-electron chi connectivity index (χ1n) is 14.8. The molecule has 204 valence electrons. The Balaban J connectivity index is 1.32. The van der Waals surface area contributed by atoms with E-state index in [2.05, 4.69) is 144 Å². The summed E-state index contributed by atoms with van der Waals surface area (Å²) in [6.45, 7) is 0. The fraction of sp³-hybridized carbons (Fsp3) is 0. The molecule has 0 saturated carbocycles. The van der Waals surface area contributed by atoms with Crippen molar-refractivity contribution >= 4 is 53.3 Å². The fourth-order valence-corrected chi connectivity index (χ4v) is 8.23. The summed E-state index contributed by atoms with van der Waals surface area (Å²) >= 11 is 1.77. The van der Waals surface area contributed by atoms with Gasteiger partial charge in [0, 0.05) is 32.2 Å². The zero-order valence-electron chi connectivity index (χ0n) is 23.5. The lowest BCUT2D eigenvalue weighted by Crippen LogP contribution is -2.04. The van der Waals surface area contributed by atoms with Crippen LogP contribution in [-0.2, 0) is 0 Å². The Morgan fingerprint density at radius 2 is 1.25 bits per heavy atom. The third kappa shape index (κ3) is 3.26. The van der Waals surface area contributed by atoms with Crippen molar-refractivity contribution in [3.8, 4) is 50.7 Å². The van der Waals surface area contributed by atoms with Gasteiger partial charge in [0.1, 0.15) is 0 Å². The van der Waals surface area contributed by atoms with Crippen molar-refractivity contribution in [1.29, 1.82) is 0 Å². The van der Waals surface area contributed by atoms with Crippen LogP contribution in [0.5, 0.6) is 0 Å². The first kappa shape index (κ1) is 23.9. The maximum Gasteiger partial charge on any atom is 0.235 e. The van der Waals surface area contributed by atoms with Crippen molar-refractivity contribution in [2.45, 2.75) is 0 Å². The van der Waals surface area contributed by atoms with Crippen LogP contribution in [0.2, 0.25) is 0 Å². The molecule has 0 aliphatic heterocycles. The summed E-state index contributed by atoms with van der Waals surface area (Å²) in [6, 6.07) is 49.8. The number of aromatic nitrogens is 3. The van der Waals surface area contributed by atoms with Crippen molar-refractivity contribution in [2.24, 2.45) is 0 Å². The van der Waals surface area contributed by atoms with Crippen LogP contribution >= 0.6 is 11.3 Å². The standard InChI is InChI=1S/C40H23N3S/c1-2-11-24(12-3-1)26-15-8-16-27(23-26)36-39-37(29-18-5-7-22-33(29)44-39)42-40(41-36)43-32-21-6-4-17-28(32)35-30-19-9-13-25-14-10-20-31(34(25)30)38(35)43/h1-23H. The molecule has 0 saturated heterocycles. The summed E-state index contributed by atoms with van der Waals surface area (Å²) in [4.78, 5) is 10.8. The minimum atomic E-state index is 0.698. The highest BCUT2D eigenvalue weighted by Crippen LogP contribution is 2.52.